The summed E-state index contributed by atoms with van der Waals surface area (Å²) < 4.78 is 12.5. The summed E-state index contributed by atoms with van der Waals surface area (Å²) in [5.74, 6) is 2.14. The molecule has 2 aliphatic heterocycles. The van der Waals surface area contributed by atoms with Crippen LogP contribution in [0.25, 0.3) is 0 Å². The monoisotopic (exact) mass is 429 g/mol. The molecule has 4 rings (SSSR count). The lowest BCUT2D eigenvalue weighted by Gasteiger charge is -2.36. The smallest absolute Gasteiger partial charge is 0.228 e. The van der Waals surface area contributed by atoms with E-state index >= 15 is 0 Å². The molecule has 1 saturated heterocycles. The molecule has 2 unspecified atom stereocenters. The normalized spacial score (nSPS) is 19.9. The molecule has 2 atom stereocenters. The van der Waals surface area contributed by atoms with Crippen molar-refractivity contribution in [2.45, 2.75) is 38.1 Å². The molecule has 0 radical (unpaired) electrons. The van der Waals surface area contributed by atoms with E-state index in [1.165, 1.54) is 11.3 Å². The zero-order chi connectivity index (χ0) is 21.3. The van der Waals surface area contributed by atoms with Crippen molar-refractivity contribution in [2.24, 2.45) is 5.92 Å². The van der Waals surface area contributed by atoms with E-state index in [1.807, 2.05) is 0 Å². The molecule has 0 aliphatic carbocycles. The maximum atomic E-state index is 12.5. The van der Waals surface area contributed by atoms with Crippen molar-refractivity contribution < 1.29 is 9.66 Å². The van der Waals surface area contributed by atoms with Gasteiger partial charge in [-0.2, -0.15) is 4.98 Å². The van der Waals surface area contributed by atoms with Gasteiger partial charge in [-0.15, -0.1) is 0 Å². The van der Waals surface area contributed by atoms with Gasteiger partial charge in [-0.25, -0.2) is 4.98 Å². The summed E-state index contributed by atoms with van der Waals surface area (Å²) in [5, 5.41) is 13.1. The highest BCUT2D eigenvalue weighted by atomic mass is 32.2. The Morgan fingerprint density at radius 3 is 2.57 bits per heavy atom. The van der Waals surface area contributed by atoms with Gasteiger partial charge in [0.05, 0.1) is 12.6 Å². The Kier molecular flexibility index (Phi) is 6.36. The van der Waals surface area contributed by atoms with Gasteiger partial charge in [0.2, 0.25) is 10.8 Å². The molecule has 162 valence electrons. The van der Waals surface area contributed by atoms with Crippen LogP contribution in [0.1, 0.15) is 25.1 Å². The van der Waals surface area contributed by atoms with Gasteiger partial charge in [0.1, 0.15) is 11.4 Å². The zero-order valence-corrected chi connectivity index (χ0v) is 18.8. The molecule has 7 nitrogen and oxygen atoms in total. The first-order chi connectivity index (χ1) is 14.5. The Hall–Kier alpha value is -2.03. The fourth-order valence-corrected chi connectivity index (χ4v) is 5.32. The van der Waals surface area contributed by atoms with Gasteiger partial charge in [0.25, 0.3) is 0 Å². The molecule has 1 fully saturated rings. The van der Waals surface area contributed by atoms with E-state index in [0.717, 1.165) is 36.8 Å². The third-order valence-corrected chi connectivity index (χ3v) is 7.39. The lowest BCUT2D eigenvalue weighted by atomic mass is 10.1. The minimum absolute atomic E-state index is 0.00752. The molecule has 8 heteroatoms. The first kappa shape index (κ1) is 21.2. The topological polar surface area (TPSA) is 87.6 Å². The first-order valence-corrected chi connectivity index (χ1v) is 12.0. The van der Waals surface area contributed by atoms with Crippen LogP contribution in [0.2, 0.25) is 0 Å². The number of anilines is 3. The van der Waals surface area contributed by atoms with Crippen molar-refractivity contribution in [1.82, 2.24) is 9.97 Å². The molecule has 0 amide bonds. The van der Waals surface area contributed by atoms with E-state index in [4.69, 9.17) is 9.97 Å². The van der Waals surface area contributed by atoms with Crippen molar-refractivity contribution >= 4 is 28.6 Å². The molecule has 0 spiro atoms. The summed E-state index contributed by atoms with van der Waals surface area (Å²) in [6.45, 7) is 9.72. The van der Waals surface area contributed by atoms with Gasteiger partial charge in [-0.1, -0.05) is 26.0 Å². The number of benzene rings is 1. The van der Waals surface area contributed by atoms with Crippen molar-refractivity contribution in [1.29, 1.82) is 0 Å². The number of hydrogen-bond acceptors (Lipinski definition) is 7. The molecule has 2 aromatic rings. The van der Waals surface area contributed by atoms with Gasteiger partial charge in [0.15, 0.2) is 5.82 Å². The molecule has 0 bridgehead atoms. The third-order valence-electron chi connectivity index (χ3n) is 5.93. The number of aliphatic hydroxyl groups excluding tert-OH is 1. The average molecular weight is 430 g/mol. The second-order valence-corrected chi connectivity index (χ2v) is 9.95. The van der Waals surface area contributed by atoms with Crippen molar-refractivity contribution in [3.05, 3.63) is 35.5 Å². The highest BCUT2D eigenvalue weighted by Crippen LogP contribution is 2.33. The van der Waals surface area contributed by atoms with E-state index in [2.05, 4.69) is 60.2 Å². The van der Waals surface area contributed by atoms with Crippen molar-refractivity contribution in [2.75, 3.05) is 53.7 Å². The highest BCUT2D eigenvalue weighted by Gasteiger charge is 2.34. The molecule has 2 N–H and O–H groups in total. The zero-order valence-electron chi connectivity index (χ0n) is 18.0. The first-order valence-electron chi connectivity index (χ1n) is 10.7. The van der Waals surface area contributed by atoms with E-state index < -0.39 is 11.2 Å². The number of nitrogens with one attached hydrogen (secondary N) is 1. The van der Waals surface area contributed by atoms with Gasteiger partial charge in [0, 0.05) is 38.3 Å². The fourth-order valence-electron chi connectivity index (χ4n) is 4.01. The van der Waals surface area contributed by atoms with Crippen LogP contribution >= 0.6 is 0 Å². The SMILES string of the molecule is Cc1cccc(N2CCN(c3nc4c(c(NC(CO)C(C)C)n3)[S+]([O-])CC4)CC2)c1. The second-order valence-electron chi connectivity index (χ2n) is 8.44. The summed E-state index contributed by atoms with van der Waals surface area (Å²) in [6, 6.07) is 8.47. The Balaban J connectivity index is 1.54. The van der Waals surface area contributed by atoms with Crippen LogP contribution in [0.4, 0.5) is 17.5 Å². The Morgan fingerprint density at radius 1 is 1.17 bits per heavy atom. The largest absolute Gasteiger partial charge is 0.611 e. The van der Waals surface area contributed by atoms with Gasteiger partial charge in [-0.3, -0.25) is 0 Å². The van der Waals surface area contributed by atoms with Crippen LogP contribution in [-0.2, 0) is 17.6 Å². The van der Waals surface area contributed by atoms with Crippen LogP contribution in [0.5, 0.6) is 0 Å². The minimum Gasteiger partial charge on any atom is -0.611 e. The van der Waals surface area contributed by atoms with Gasteiger partial charge >= 0.3 is 0 Å². The number of aryl methyl sites for hydroxylation is 2. The summed E-state index contributed by atoms with van der Waals surface area (Å²) in [6.07, 6.45) is 0.709. The Bertz CT molecular complexity index is 886. The van der Waals surface area contributed by atoms with Crippen LogP contribution < -0.4 is 15.1 Å². The predicted molar refractivity (Wildman–Crippen MR) is 122 cm³/mol. The van der Waals surface area contributed by atoms with E-state index in [9.17, 15) is 9.66 Å². The molecule has 3 heterocycles. The quantitative estimate of drug-likeness (QED) is 0.681. The average Bonchev–Trinajstić information content (AvgIpc) is 3.12. The number of nitrogens with zero attached hydrogens (tertiary/aromatic N) is 4. The van der Waals surface area contributed by atoms with Crippen molar-refractivity contribution in [3.63, 3.8) is 0 Å². The third kappa shape index (κ3) is 4.36. The molecule has 0 saturated carbocycles. The molecular formula is C22H31N5O2S. The van der Waals surface area contributed by atoms with Crippen molar-refractivity contribution in [3.8, 4) is 0 Å². The fraction of sp³-hybridized carbons (Fsp3) is 0.545. The van der Waals surface area contributed by atoms with Gasteiger partial charge < -0.3 is 24.8 Å². The predicted octanol–water partition coefficient (Wildman–Crippen LogP) is 2.20. The summed E-state index contributed by atoms with van der Waals surface area (Å²) in [7, 11) is 0. The Morgan fingerprint density at radius 2 is 1.90 bits per heavy atom. The van der Waals surface area contributed by atoms with Gasteiger partial charge in [-0.05, 0) is 41.7 Å². The lowest BCUT2D eigenvalue weighted by Crippen LogP contribution is -2.47. The maximum absolute atomic E-state index is 12.5. The number of rotatable bonds is 6. The molecular weight excluding hydrogens is 398 g/mol. The number of aromatic nitrogens is 2. The molecule has 1 aromatic carbocycles. The summed E-state index contributed by atoms with van der Waals surface area (Å²) in [4.78, 5) is 14.9. The minimum atomic E-state index is -1.08. The maximum Gasteiger partial charge on any atom is 0.228 e. The molecule has 1 aromatic heterocycles. The van der Waals surface area contributed by atoms with Crippen LogP contribution in [0, 0.1) is 12.8 Å². The van der Waals surface area contributed by atoms with E-state index in [-0.39, 0.29) is 18.6 Å². The number of aliphatic hydroxyl groups is 1. The van der Waals surface area contributed by atoms with Crippen LogP contribution in [-0.4, -0.2) is 64.2 Å². The second kappa shape index (κ2) is 8.99. The van der Waals surface area contributed by atoms with Crippen LogP contribution in [0.3, 0.4) is 0 Å². The standard InChI is InChI=1S/C22H31N5O2S/c1-15(2)19(14-28)23-21-20-18(7-12-30(20)29)24-22(25-21)27-10-8-26(9-11-27)17-6-4-5-16(3)13-17/h4-6,13,15,19,28H,7-12,14H2,1-3H3,(H,23,24,25). The lowest BCUT2D eigenvalue weighted by molar-refractivity contribution is 0.248. The van der Waals surface area contributed by atoms with E-state index in [0.29, 0.717) is 23.9 Å². The number of hydrogen-bond donors (Lipinski definition) is 2. The molecule has 30 heavy (non-hydrogen) atoms. The number of fused-ring (bicyclic) bond motifs is 1. The molecule has 2 aliphatic rings. The summed E-state index contributed by atoms with van der Waals surface area (Å²) >= 11 is -1.08. The number of piperazine rings is 1. The Labute approximate surface area is 181 Å². The van der Waals surface area contributed by atoms with E-state index in [1.54, 1.807) is 0 Å². The summed E-state index contributed by atoms with van der Waals surface area (Å²) in [5.41, 5.74) is 3.40. The highest BCUT2D eigenvalue weighted by molar-refractivity contribution is 7.91. The van der Waals surface area contributed by atoms with Crippen LogP contribution in [0.15, 0.2) is 29.2 Å².